The molecule has 2 saturated heterocycles. The summed E-state index contributed by atoms with van der Waals surface area (Å²) in [6.45, 7) is -1.82. The molecule has 0 aromatic carbocycles. The van der Waals surface area contributed by atoms with Crippen molar-refractivity contribution in [3.05, 3.63) is 33.1 Å². The molecule has 2 aliphatic heterocycles. The van der Waals surface area contributed by atoms with Gasteiger partial charge >= 0.3 is 21.3 Å². The van der Waals surface area contributed by atoms with Crippen molar-refractivity contribution < 1.29 is 72.0 Å². The van der Waals surface area contributed by atoms with E-state index in [0.717, 1.165) is 23.9 Å². The van der Waals surface area contributed by atoms with Crippen molar-refractivity contribution in [2.45, 2.75) is 55.2 Å². The molecule has 0 spiro atoms. The molecule has 2 aliphatic rings. The molecular weight excluding hydrogens is 554 g/mol. The molecular formula is C16H26N2O17P2. The Morgan fingerprint density at radius 3 is 2.27 bits per heavy atom. The minimum atomic E-state index is -5.55. The fraction of sp³-hybridized carbons (Fsp3) is 0.750. The number of aromatic amines is 1. The first-order chi connectivity index (χ1) is 17.2. The van der Waals surface area contributed by atoms with Crippen molar-refractivity contribution in [2.75, 3.05) is 20.3 Å². The van der Waals surface area contributed by atoms with Crippen molar-refractivity contribution in [3.63, 3.8) is 0 Å². The molecule has 3 heterocycles. The Labute approximate surface area is 206 Å². The van der Waals surface area contributed by atoms with E-state index in [0.29, 0.717) is 0 Å². The summed E-state index contributed by atoms with van der Waals surface area (Å²) >= 11 is 0. The summed E-state index contributed by atoms with van der Waals surface area (Å²) in [5.41, 5.74) is -1.73. The summed E-state index contributed by atoms with van der Waals surface area (Å²) in [7, 11) is -9.93. The average molecular weight is 580 g/mol. The number of rotatable bonds is 10. The van der Waals surface area contributed by atoms with Crippen LogP contribution in [0.2, 0.25) is 0 Å². The van der Waals surface area contributed by atoms with E-state index in [9.17, 15) is 54.0 Å². The topological polar surface area (TPSA) is 286 Å². The molecule has 0 radical (unpaired) electrons. The van der Waals surface area contributed by atoms with Gasteiger partial charge in [0, 0.05) is 19.4 Å². The minimum Gasteiger partial charge on any atom is -0.394 e. The van der Waals surface area contributed by atoms with Crippen molar-refractivity contribution >= 4 is 15.6 Å². The quantitative estimate of drug-likeness (QED) is 0.122. The first kappa shape index (κ1) is 30.2. The number of ether oxygens (including phenoxy) is 3. The Morgan fingerprint density at radius 1 is 1.00 bits per heavy atom. The standard InChI is InChI=1S/C16H26N2O17P2/c1-30-13-10(22)6(4-19)33-15(12(13)24)34-37(28,29)35-36(26,27)31-5-7-9(21)11(23)14(32-7)18-3-2-8(20)17-16(18)25/h2-3,6-7,9-15,19,21-24H,4-5H2,1H3,(H,26,27)(H,28,29)(H,17,20,25)/t6-,7-,9-,10-,11-,12-,13+,14-,15-/m1/s1. The molecule has 8 N–H and O–H groups in total. The Hall–Kier alpha value is -1.38. The van der Waals surface area contributed by atoms with Gasteiger partial charge in [0.25, 0.3) is 5.56 Å². The number of aliphatic hydroxyl groups excluding tert-OH is 5. The second-order valence-corrected chi connectivity index (χ2v) is 10.9. The van der Waals surface area contributed by atoms with Crippen molar-refractivity contribution in [2.24, 2.45) is 0 Å². The maximum absolute atomic E-state index is 12.3. The van der Waals surface area contributed by atoms with Gasteiger partial charge in [-0.25, -0.2) is 13.9 Å². The zero-order valence-electron chi connectivity index (χ0n) is 18.8. The molecule has 3 rings (SSSR count). The van der Waals surface area contributed by atoms with E-state index in [1.165, 1.54) is 0 Å². The van der Waals surface area contributed by atoms with Crippen LogP contribution in [0.1, 0.15) is 6.23 Å². The van der Waals surface area contributed by atoms with Gasteiger partial charge in [0.15, 0.2) is 12.5 Å². The number of phosphoric ester groups is 2. The predicted molar refractivity (Wildman–Crippen MR) is 114 cm³/mol. The van der Waals surface area contributed by atoms with Crippen LogP contribution in [-0.4, -0.2) is 114 Å². The molecule has 19 nitrogen and oxygen atoms in total. The van der Waals surface area contributed by atoms with E-state index in [1.54, 1.807) is 0 Å². The molecule has 2 unspecified atom stereocenters. The van der Waals surface area contributed by atoms with Gasteiger partial charge in [-0.2, -0.15) is 4.31 Å². The van der Waals surface area contributed by atoms with Crippen LogP contribution in [0.3, 0.4) is 0 Å². The minimum absolute atomic E-state index is 0.736. The Balaban J connectivity index is 1.62. The van der Waals surface area contributed by atoms with Crippen LogP contribution in [0.15, 0.2) is 21.9 Å². The number of aliphatic hydroxyl groups is 5. The third-order valence-electron chi connectivity index (χ3n) is 5.40. The molecule has 11 atom stereocenters. The molecule has 0 bridgehead atoms. The second kappa shape index (κ2) is 11.8. The molecule has 37 heavy (non-hydrogen) atoms. The van der Waals surface area contributed by atoms with Gasteiger partial charge in [0.2, 0.25) is 0 Å². The summed E-state index contributed by atoms with van der Waals surface area (Å²) in [6, 6.07) is 0.938. The number of hydrogen-bond donors (Lipinski definition) is 8. The van der Waals surface area contributed by atoms with Gasteiger partial charge in [-0.1, -0.05) is 0 Å². The molecule has 0 aliphatic carbocycles. The van der Waals surface area contributed by atoms with Gasteiger partial charge in [-0.15, -0.1) is 0 Å². The average Bonchev–Trinajstić information content (AvgIpc) is 3.07. The third kappa shape index (κ3) is 6.99. The summed E-state index contributed by atoms with van der Waals surface area (Å²) < 4.78 is 53.6. The van der Waals surface area contributed by atoms with Crippen molar-refractivity contribution in [1.29, 1.82) is 0 Å². The highest BCUT2D eigenvalue weighted by molar-refractivity contribution is 7.61. The number of nitrogens with one attached hydrogen (secondary N) is 1. The first-order valence-corrected chi connectivity index (χ1v) is 13.4. The van der Waals surface area contributed by atoms with E-state index in [2.05, 4.69) is 13.4 Å². The molecule has 0 amide bonds. The third-order valence-corrected chi connectivity index (χ3v) is 8.00. The lowest BCUT2D eigenvalue weighted by Gasteiger charge is -2.41. The first-order valence-electron chi connectivity index (χ1n) is 10.4. The van der Waals surface area contributed by atoms with Crippen LogP contribution in [0, 0.1) is 0 Å². The normalized spacial score (nSPS) is 37.7. The zero-order chi connectivity index (χ0) is 27.7. The lowest BCUT2D eigenvalue weighted by Crippen LogP contribution is -2.59. The molecule has 2 fully saturated rings. The van der Waals surface area contributed by atoms with E-state index in [-0.39, 0.29) is 0 Å². The number of hydrogen-bond acceptors (Lipinski definition) is 15. The highest BCUT2D eigenvalue weighted by atomic mass is 31.3. The lowest BCUT2D eigenvalue weighted by molar-refractivity contribution is -0.284. The van der Waals surface area contributed by atoms with Gasteiger partial charge in [-0.05, 0) is 0 Å². The molecule has 0 saturated carbocycles. The number of phosphoric acid groups is 2. The summed E-state index contributed by atoms with van der Waals surface area (Å²) in [6.07, 6.45) is -14.0. The predicted octanol–water partition coefficient (Wildman–Crippen LogP) is -4.14. The van der Waals surface area contributed by atoms with E-state index < -0.39 is 95.4 Å². The van der Waals surface area contributed by atoms with Crippen LogP contribution < -0.4 is 11.2 Å². The Morgan fingerprint density at radius 2 is 1.68 bits per heavy atom. The maximum atomic E-state index is 12.3. The maximum Gasteiger partial charge on any atom is 0.483 e. The number of H-pyrrole nitrogens is 1. The van der Waals surface area contributed by atoms with E-state index in [1.807, 2.05) is 4.98 Å². The number of methoxy groups -OCH3 is 1. The number of aromatic nitrogens is 2. The number of nitrogens with zero attached hydrogens (tertiary/aromatic N) is 1. The molecule has 21 heteroatoms. The van der Waals surface area contributed by atoms with E-state index >= 15 is 0 Å². The van der Waals surface area contributed by atoms with E-state index in [4.69, 9.17) is 14.2 Å². The summed E-state index contributed by atoms with van der Waals surface area (Å²) in [5.74, 6) is 0. The lowest BCUT2D eigenvalue weighted by atomic mass is 9.99. The van der Waals surface area contributed by atoms with Crippen LogP contribution in [-0.2, 0) is 36.7 Å². The molecule has 1 aromatic rings. The van der Waals surface area contributed by atoms with Crippen LogP contribution in [0.25, 0.3) is 0 Å². The van der Waals surface area contributed by atoms with Gasteiger partial charge in [0.05, 0.1) is 13.2 Å². The highest BCUT2D eigenvalue weighted by Crippen LogP contribution is 2.61. The van der Waals surface area contributed by atoms with Crippen molar-refractivity contribution in [3.8, 4) is 0 Å². The largest absolute Gasteiger partial charge is 0.483 e. The van der Waals surface area contributed by atoms with Crippen LogP contribution >= 0.6 is 15.6 Å². The second-order valence-electron chi connectivity index (χ2n) is 7.89. The SMILES string of the molecule is CO[C@@H]1[C@@H](O)[C@@H](OP(=O)(O)OP(=O)(O)OC[C@H]2O[C@@H](n3ccc(=O)[nH]c3=O)[C@H](O)[C@@H]2O)O[C@H](CO)[C@H]1O. The Kier molecular flexibility index (Phi) is 9.61. The highest BCUT2D eigenvalue weighted by Gasteiger charge is 2.50. The molecule has 212 valence electrons. The van der Waals surface area contributed by atoms with Crippen LogP contribution in [0.4, 0.5) is 0 Å². The summed E-state index contributed by atoms with van der Waals surface area (Å²) in [5, 5.41) is 49.7. The Bertz CT molecular complexity index is 1140. The fourth-order valence-corrected chi connectivity index (χ4v) is 5.77. The van der Waals surface area contributed by atoms with Crippen molar-refractivity contribution in [1.82, 2.24) is 9.55 Å². The molecule has 1 aromatic heterocycles. The van der Waals surface area contributed by atoms with Gasteiger partial charge in [-0.3, -0.25) is 23.4 Å². The van der Waals surface area contributed by atoms with Crippen LogP contribution in [0.5, 0.6) is 0 Å². The fourth-order valence-electron chi connectivity index (χ4n) is 3.62. The monoisotopic (exact) mass is 580 g/mol. The van der Waals surface area contributed by atoms with Gasteiger partial charge < -0.3 is 49.5 Å². The smallest absolute Gasteiger partial charge is 0.394 e. The zero-order valence-corrected chi connectivity index (χ0v) is 20.6. The van der Waals surface area contributed by atoms with Gasteiger partial charge in [0.1, 0.15) is 42.7 Å². The summed E-state index contributed by atoms with van der Waals surface area (Å²) in [4.78, 5) is 44.7.